The Morgan fingerprint density at radius 2 is 1.45 bits per heavy atom. The highest BCUT2D eigenvalue weighted by atomic mass is 16.5. The zero-order chi connectivity index (χ0) is 27.2. The second-order valence-corrected chi connectivity index (χ2v) is 12.6. The maximum Gasteiger partial charge on any atom is 0.162 e. The SMILES string of the molecule is CCOc1cc(C2C3=C(CC(C)(C)CC3=O)NC3=C2C(=O)CC(C)(C)C3)ccc1OCc1cccc(C)c1. The Bertz CT molecular complexity index is 1310. The average molecular weight is 514 g/mol. The van der Waals surface area contributed by atoms with Crippen LogP contribution in [0.5, 0.6) is 11.5 Å². The number of Topliss-reactive ketones (excluding diaryl/α,β-unsaturated/α-hetero) is 2. The number of dihydropyridines is 1. The molecule has 2 aromatic rings. The summed E-state index contributed by atoms with van der Waals surface area (Å²) in [4.78, 5) is 27.2. The first-order valence-electron chi connectivity index (χ1n) is 13.7. The Kier molecular flexibility index (Phi) is 6.75. The molecule has 2 aliphatic carbocycles. The summed E-state index contributed by atoms with van der Waals surface area (Å²) in [7, 11) is 0. The zero-order valence-corrected chi connectivity index (χ0v) is 23.5. The topological polar surface area (TPSA) is 64.6 Å². The van der Waals surface area contributed by atoms with Crippen LogP contribution in [0, 0.1) is 17.8 Å². The summed E-state index contributed by atoms with van der Waals surface area (Å²) < 4.78 is 12.2. The number of carbonyl (C=O) groups excluding carboxylic acids is 2. The van der Waals surface area contributed by atoms with E-state index in [0.29, 0.717) is 37.6 Å². The molecule has 0 fully saturated rings. The predicted molar refractivity (Wildman–Crippen MR) is 149 cm³/mol. The van der Waals surface area contributed by atoms with E-state index in [2.05, 4.69) is 52.1 Å². The standard InChI is InChI=1S/C33H39NO4/c1-7-37-28-14-22(11-12-27(28)38-19-21-10-8-9-20(2)13-21)29-30-23(15-32(3,4)17-25(30)35)34-24-16-33(5,6)18-26(36)31(24)29/h8-14,29,34H,7,15-19H2,1-6H3. The highest BCUT2D eigenvalue weighted by Crippen LogP contribution is 2.51. The van der Waals surface area contributed by atoms with Gasteiger partial charge in [0, 0.05) is 41.3 Å². The highest BCUT2D eigenvalue weighted by molar-refractivity contribution is 6.06. The van der Waals surface area contributed by atoms with Gasteiger partial charge >= 0.3 is 0 Å². The molecule has 0 atom stereocenters. The van der Waals surface area contributed by atoms with Gasteiger partial charge < -0.3 is 14.8 Å². The van der Waals surface area contributed by atoms with Gasteiger partial charge in [-0.15, -0.1) is 0 Å². The Balaban J connectivity index is 1.57. The molecule has 0 saturated heterocycles. The van der Waals surface area contributed by atoms with Crippen molar-refractivity contribution in [1.82, 2.24) is 5.32 Å². The van der Waals surface area contributed by atoms with Crippen molar-refractivity contribution in [2.45, 2.75) is 79.8 Å². The molecule has 0 unspecified atom stereocenters. The number of ketones is 2. The minimum Gasteiger partial charge on any atom is -0.490 e. The molecular formula is C33H39NO4. The Morgan fingerprint density at radius 1 is 0.816 bits per heavy atom. The Morgan fingerprint density at radius 3 is 2.03 bits per heavy atom. The van der Waals surface area contributed by atoms with Gasteiger partial charge in [0.2, 0.25) is 0 Å². The van der Waals surface area contributed by atoms with Gasteiger partial charge in [0.25, 0.3) is 0 Å². The number of nitrogens with one attached hydrogen (secondary N) is 1. The van der Waals surface area contributed by atoms with Crippen LogP contribution in [-0.4, -0.2) is 18.2 Å². The fourth-order valence-electron chi connectivity index (χ4n) is 6.28. The van der Waals surface area contributed by atoms with Gasteiger partial charge in [-0.05, 0) is 60.8 Å². The highest BCUT2D eigenvalue weighted by Gasteiger charge is 2.46. The normalized spacial score (nSPS) is 20.6. The second kappa shape index (κ2) is 9.76. The molecular weight excluding hydrogens is 474 g/mol. The third kappa shape index (κ3) is 5.16. The Hall–Kier alpha value is -3.34. The lowest BCUT2D eigenvalue weighted by atomic mass is 9.64. The molecule has 0 amide bonds. The van der Waals surface area contributed by atoms with Gasteiger partial charge in [-0.2, -0.15) is 0 Å². The maximum atomic E-state index is 13.6. The molecule has 5 rings (SSSR count). The largest absolute Gasteiger partial charge is 0.490 e. The van der Waals surface area contributed by atoms with Crippen molar-refractivity contribution in [2.24, 2.45) is 10.8 Å². The minimum atomic E-state index is -0.390. The minimum absolute atomic E-state index is 0.121. The van der Waals surface area contributed by atoms with Crippen LogP contribution in [0.15, 0.2) is 65.0 Å². The van der Waals surface area contributed by atoms with E-state index in [4.69, 9.17) is 9.47 Å². The lowest BCUT2D eigenvalue weighted by Gasteiger charge is -2.44. The summed E-state index contributed by atoms with van der Waals surface area (Å²) in [5.41, 5.74) is 6.36. The molecule has 1 heterocycles. The smallest absolute Gasteiger partial charge is 0.162 e. The van der Waals surface area contributed by atoms with Crippen molar-refractivity contribution in [2.75, 3.05) is 6.61 Å². The molecule has 38 heavy (non-hydrogen) atoms. The first kappa shape index (κ1) is 26.3. The predicted octanol–water partition coefficient (Wildman–Crippen LogP) is 6.95. The van der Waals surface area contributed by atoms with Crippen LogP contribution in [0.4, 0.5) is 0 Å². The molecule has 1 aliphatic heterocycles. The number of rotatable bonds is 6. The number of ether oxygens (including phenoxy) is 2. The second-order valence-electron chi connectivity index (χ2n) is 12.6. The molecule has 1 N–H and O–H groups in total. The van der Waals surface area contributed by atoms with Crippen molar-refractivity contribution >= 4 is 11.6 Å². The number of aryl methyl sites for hydroxylation is 1. The fraction of sp³-hybridized carbons (Fsp3) is 0.455. The Labute approximate surface area is 226 Å². The van der Waals surface area contributed by atoms with Crippen molar-refractivity contribution in [3.05, 3.63) is 81.7 Å². The van der Waals surface area contributed by atoms with Crippen LogP contribution >= 0.6 is 0 Å². The molecule has 3 aliphatic rings. The third-order valence-corrected chi connectivity index (χ3v) is 7.80. The van der Waals surface area contributed by atoms with E-state index >= 15 is 0 Å². The summed E-state index contributed by atoms with van der Waals surface area (Å²) >= 11 is 0. The molecule has 0 bridgehead atoms. The molecule has 0 saturated carbocycles. The number of hydrogen-bond donors (Lipinski definition) is 1. The maximum absolute atomic E-state index is 13.6. The van der Waals surface area contributed by atoms with Crippen molar-refractivity contribution in [3.63, 3.8) is 0 Å². The molecule has 0 aromatic heterocycles. The van der Waals surface area contributed by atoms with E-state index in [1.54, 1.807) is 0 Å². The van der Waals surface area contributed by atoms with Crippen LogP contribution in [-0.2, 0) is 16.2 Å². The van der Waals surface area contributed by atoms with Crippen LogP contribution in [0.25, 0.3) is 0 Å². The molecule has 5 heteroatoms. The monoisotopic (exact) mass is 513 g/mol. The van der Waals surface area contributed by atoms with E-state index in [0.717, 1.165) is 46.5 Å². The van der Waals surface area contributed by atoms with Gasteiger partial charge in [0.15, 0.2) is 23.1 Å². The molecule has 2 aromatic carbocycles. The molecule has 200 valence electrons. The van der Waals surface area contributed by atoms with Crippen molar-refractivity contribution in [1.29, 1.82) is 0 Å². The third-order valence-electron chi connectivity index (χ3n) is 7.80. The average Bonchev–Trinajstić information content (AvgIpc) is 2.80. The van der Waals surface area contributed by atoms with Crippen LogP contribution in [0.2, 0.25) is 0 Å². The first-order chi connectivity index (χ1) is 18.0. The van der Waals surface area contributed by atoms with Crippen LogP contribution < -0.4 is 14.8 Å². The van der Waals surface area contributed by atoms with Gasteiger partial charge in [-0.1, -0.05) is 63.6 Å². The van der Waals surface area contributed by atoms with E-state index in [-0.39, 0.29) is 22.4 Å². The summed E-state index contributed by atoms with van der Waals surface area (Å²) in [5, 5.41) is 3.58. The van der Waals surface area contributed by atoms with Gasteiger partial charge in [0.1, 0.15) is 6.61 Å². The summed E-state index contributed by atoms with van der Waals surface area (Å²) in [6.07, 6.45) is 2.52. The van der Waals surface area contributed by atoms with Crippen LogP contribution in [0.1, 0.15) is 82.9 Å². The van der Waals surface area contributed by atoms with Gasteiger partial charge in [0.05, 0.1) is 6.61 Å². The lowest BCUT2D eigenvalue weighted by molar-refractivity contribution is -0.119. The van der Waals surface area contributed by atoms with E-state index in [1.165, 1.54) is 5.56 Å². The van der Waals surface area contributed by atoms with Crippen molar-refractivity contribution in [3.8, 4) is 11.5 Å². The number of hydrogen-bond acceptors (Lipinski definition) is 5. The van der Waals surface area contributed by atoms with Gasteiger partial charge in [-0.25, -0.2) is 0 Å². The molecule has 0 radical (unpaired) electrons. The lowest BCUT2D eigenvalue weighted by Crippen LogP contribution is -2.42. The van der Waals surface area contributed by atoms with Crippen molar-refractivity contribution < 1.29 is 19.1 Å². The van der Waals surface area contributed by atoms with Crippen LogP contribution in [0.3, 0.4) is 0 Å². The van der Waals surface area contributed by atoms with E-state index < -0.39 is 5.92 Å². The quantitative estimate of drug-likeness (QED) is 0.453. The number of carbonyl (C=O) groups is 2. The molecule has 0 spiro atoms. The summed E-state index contributed by atoms with van der Waals surface area (Å²) in [6, 6.07) is 14.1. The first-order valence-corrected chi connectivity index (χ1v) is 13.7. The van der Waals surface area contributed by atoms with E-state index in [1.807, 2.05) is 37.3 Å². The van der Waals surface area contributed by atoms with Gasteiger partial charge in [-0.3, -0.25) is 9.59 Å². The zero-order valence-electron chi connectivity index (χ0n) is 23.5. The summed E-state index contributed by atoms with van der Waals surface area (Å²) in [5.74, 6) is 1.14. The fourth-order valence-corrected chi connectivity index (χ4v) is 6.28. The summed E-state index contributed by atoms with van der Waals surface area (Å²) in [6.45, 7) is 13.5. The van der Waals surface area contributed by atoms with E-state index in [9.17, 15) is 9.59 Å². The molecule has 5 nitrogen and oxygen atoms in total. The number of benzene rings is 2. The number of allylic oxidation sites excluding steroid dienone is 4.